The highest BCUT2D eigenvalue weighted by molar-refractivity contribution is 6.07. The predicted molar refractivity (Wildman–Crippen MR) is 80.8 cm³/mol. The molecule has 0 fully saturated rings. The van der Waals surface area contributed by atoms with Crippen LogP contribution in [-0.2, 0) is 0 Å². The van der Waals surface area contributed by atoms with Crippen LogP contribution in [0.3, 0.4) is 0 Å². The molecule has 0 bridgehead atoms. The molecule has 1 N–H and O–H groups in total. The fourth-order valence-electron chi connectivity index (χ4n) is 2.81. The molecule has 0 radical (unpaired) electrons. The molecule has 5 nitrogen and oxygen atoms in total. The van der Waals surface area contributed by atoms with Crippen LogP contribution in [-0.4, -0.2) is 26.0 Å². The molecule has 3 heterocycles. The van der Waals surface area contributed by atoms with Crippen molar-refractivity contribution in [2.75, 3.05) is 0 Å². The number of halogens is 1. The number of carbonyl (C=O) groups is 1. The van der Waals surface area contributed by atoms with E-state index in [9.17, 15) is 9.18 Å². The van der Waals surface area contributed by atoms with Crippen molar-refractivity contribution in [2.45, 2.75) is 6.92 Å². The molecule has 4 aromatic rings. The molecule has 0 unspecified atom stereocenters. The minimum Gasteiger partial charge on any atom is -0.304 e. The van der Waals surface area contributed by atoms with Crippen LogP contribution in [0.1, 0.15) is 16.1 Å². The number of aldehydes is 1. The zero-order valence-corrected chi connectivity index (χ0v) is 11.7. The Bertz CT molecular complexity index is 1030. The molecule has 22 heavy (non-hydrogen) atoms. The first-order chi connectivity index (χ1) is 10.7. The van der Waals surface area contributed by atoms with E-state index >= 15 is 0 Å². The Labute approximate surface area is 124 Å². The van der Waals surface area contributed by atoms with Gasteiger partial charge in [-0.25, -0.2) is 4.39 Å². The van der Waals surface area contributed by atoms with Crippen molar-refractivity contribution in [3.63, 3.8) is 0 Å². The highest BCUT2D eigenvalue weighted by Crippen LogP contribution is 2.31. The smallest absolute Gasteiger partial charge is 0.168 e. The number of carbonyl (C=O) groups excluding carboxylic acids is 1. The summed E-state index contributed by atoms with van der Waals surface area (Å²) in [5.41, 5.74) is 4.58. The zero-order valence-electron chi connectivity index (χ0n) is 11.7. The molecular weight excluding hydrogens is 283 g/mol. The van der Waals surface area contributed by atoms with Gasteiger partial charge in [0.1, 0.15) is 11.5 Å². The summed E-state index contributed by atoms with van der Waals surface area (Å²) in [5, 5.41) is 7.71. The molecule has 4 rings (SSSR count). The number of fused-ring (bicyclic) bond motifs is 3. The van der Waals surface area contributed by atoms with Gasteiger partial charge in [0.2, 0.25) is 0 Å². The minimum atomic E-state index is -0.299. The molecule has 1 aromatic carbocycles. The number of pyridine rings is 1. The fourth-order valence-corrected chi connectivity index (χ4v) is 2.81. The van der Waals surface area contributed by atoms with Gasteiger partial charge in [-0.2, -0.15) is 5.10 Å². The number of rotatable bonds is 2. The first kappa shape index (κ1) is 12.7. The van der Waals surface area contributed by atoms with Gasteiger partial charge in [-0.3, -0.25) is 14.9 Å². The van der Waals surface area contributed by atoms with Crippen LogP contribution in [0.2, 0.25) is 0 Å². The standard InChI is InChI=1S/C16H11FN4O/c1-9-4-11(8-22)18-6-14(9)21-13-3-2-10(17)5-12(13)16-15(21)7-19-20-16/h2-8H,1H3,(H,19,20). The van der Waals surface area contributed by atoms with Crippen LogP contribution in [0.15, 0.2) is 36.7 Å². The molecule has 0 aliphatic heterocycles. The van der Waals surface area contributed by atoms with Crippen LogP contribution in [0, 0.1) is 12.7 Å². The maximum Gasteiger partial charge on any atom is 0.168 e. The number of nitrogens with one attached hydrogen (secondary N) is 1. The maximum absolute atomic E-state index is 13.6. The molecule has 0 spiro atoms. The third-order valence-electron chi connectivity index (χ3n) is 3.80. The van der Waals surface area contributed by atoms with E-state index in [1.807, 2.05) is 11.5 Å². The van der Waals surface area contributed by atoms with E-state index in [0.717, 1.165) is 33.2 Å². The average Bonchev–Trinajstić information content (AvgIpc) is 3.08. The van der Waals surface area contributed by atoms with Crippen molar-refractivity contribution in [3.05, 3.63) is 53.7 Å². The van der Waals surface area contributed by atoms with E-state index in [-0.39, 0.29) is 5.82 Å². The summed E-state index contributed by atoms with van der Waals surface area (Å²) in [6, 6.07) is 6.36. The zero-order chi connectivity index (χ0) is 15.3. The Kier molecular flexibility index (Phi) is 2.59. The number of benzene rings is 1. The molecule has 6 heteroatoms. The number of aryl methyl sites for hydroxylation is 1. The van der Waals surface area contributed by atoms with Gasteiger partial charge in [-0.05, 0) is 36.8 Å². The second kappa shape index (κ2) is 4.49. The Balaban J connectivity index is 2.12. The molecule has 0 saturated heterocycles. The number of nitrogens with zero attached hydrogens (tertiary/aromatic N) is 3. The lowest BCUT2D eigenvalue weighted by Crippen LogP contribution is -1.99. The number of hydrogen-bond acceptors (Lipinski definition) is 3. The van der Waals surface area contributed by atoms with Crippen LogP contribution in [0.5, 0.6) is 0 Å². The summed E-state index contributed by atoms with van der Waals surface area (Å²) in [6.45, 7) is 1.91. The number of hydrogen-bond donors (Lipinski definition) is 1. The van der Waals surface area contributed by atoms with Crippen LogP contribution < -0.4 is 0 Å². The van der Waals surface area contributed by atoms with Gasteiger partial charge in [-0.15, -0.1) is 0 Å². The van der Waals surface area contributed by atoms with E-state index in [2.05, 4.69) is 15.2 Å². The summed E-state index contributed by atoms with van der Waals surface area (Å²) < 4.78 is 15.5. The fraction of sp³-hybridized carbons (Fsp3) is 0.0625. The number of aromatic amines is 1. The van der Waals surface area contributed by atoms with E-state index in [0.29, 0.717) is 12.0 Å². The normalized spacial score (nSPS) is 11.4. The van der Waals surface area contributed by atoms with Crippen molar-refractivity contribution < 1.29 is 9.18 Å². The lowest BCUT2D eigenvalue weighted by Gasteiger charge is -2.10. The van der Waals surface area contributed by atoms with Gasteiger partial charge >= 0.3 is 0 Å². The van der Waals surface area contributed by atoms with Gasteiger partial charge < -0.3 is 4.57 Å². The van der Waals surface area contributed by atoms with Gasteiger partial charge in [-0.1, -0.05) is 0 Å². The quantitative estimate of drug-likeness (QED) is 0.578. The van der Waals surface area contributed by atoms with Crippen molar-refractivity contribution in [1.29, 1.82) is 0 Å². The van der Waals surface area contributed by atoms with Crippen LogP contribution in [0.4, 0.5) is 4.39 Å². The van der Waals surface area contributed by atoms with Crippen molar-refractivity contribution >= 4 is 28.2 Å². The highest BCUT2D eigenvalue weighted by Gasteiger charge is 2.16. The van der Waals surface area contributed by atoms with Crippen molar-refractivity contribution in [1.82, 2.24) is 19.7 Å². The molecule has 0 saturated carbocycles. The SMILES string of the molecule is Cc1cc(C=O)ncc1-n1c2ccc(F)cc2c2[nH]ncc21. The van der Waals surface area contributed by atoms with E-state index in [1.54, 1.807) is 24.5 Å². The summed E-state index contributed by atoms with van der Waals surface area (Å²) in [7, 11) is 0. The lowest BCUT2D eigenvalue weighted by molar-refractivity contribution is 0.111. The van der Waals surface area contributed by atoms with E-state index in [4.69, 9.17) is 0 Å². The summed E-state index contributed by atoms with van der Waals surface area (Å²) in [4.78, 5) is 15.0. The monoisotopic (exact) mass is 294 g/mol. The average molecular weight is 294 g/mol. The van der Waals surface area contributed by atoms with Gasteiger partial charge in [0.05, 0.1) is 34.6 Å². The summed E-state index contributed by atoms with van der Waals surface area (Å²) in [5.74, 6) is -0.299. The van der Waals surface area contributed by atoms with E-state index in [1.165, 1.54) is 12.1 Å². The summed E-state index contributed by atoms with van der Waals surface area (Å²) in [6.07, 6.45) is 4.06. The Morgan fingerprint density at radius 1 is 1.23 bits per heavy atom. The molecule has 0 aliphatic carbocycles. The largest absolute Gasteiger partial charge is 0.304 e. The lowest BCUT2D eigenvalue weighted by atomic mass is 10.2. The third kappa shape index (κ3) is 1.67. The topological polar surface area (TPSA) is 63.6 Å². The Morgan fingerprint density at radius 2 is 2.09 bits per heavy atom. The number of aromatic nitrogens is 4. The second-order valence-electron chi connectivity index (χ2n) is 5.14. The molecule has 0 atom stereocenters. The molecular formula is C16H11FN4O. The van der Waals surface area contributed by atoms with Gasteiger partial charge in [0.15, 0.2) is 6.29 Å². The molecule has 0 aliphatic rings. The molecule has 3 aromatic heterocycles. The molecule has 108 valence electrons. The first-order valence-corrected chi connectivity index (χ1v) is 6.74. The predicted octanol–water partition coefficient (Wildman–Crippen LogP) is 3.16. The van der Waals surface area contributed by atoms with Crippen molar-refractivity contribution in [3.8, 4) is 5.69 Å². The summed E-state index contributed by atoms with van der Waals surface area (Å²) >= 11 is 0. The minimum absolute atomic E-state index is 0.299. The Morgan fingerprint density at radius 3 is 2.86 bits per heavy atom. The maximum atomic E-state index is 13.6. The van der Waals surface area contributed by atoms with Crippen LogP contribution in [0.25, 0.3) is 27.6 Å². The Hall–Kier alpha value is -3.02. The van der Waals surface area contributed by atoms with Crippen LogP contribution >= 0.6 is 0 Å². The van der Waals surface area contributed by atoms with E-state index < -0.39 is 0 Å². The number of H-pyrrole nitrogens is 1. The van der Waals surface area contributed by atoms with Crippen molar-refractivity contribution in [2.24, 2.45) is 0 Å². The highest BCUT2D eigenvalue weighted by atomic mass is 19.1. The third-order valence-corrected chi connectivity index (χ3v) is 3.80. The molecule has 0 amide bonds. The van der Waals surface area contributed by atoms with Gasteiger partial charge in [0, 0.05) is 5.39 Å². The van der Waals surface area contributed by atoms with Gasteiger partial charge in [0.25, 0.3) is 0 Å². The first-order valence-electron chi connectivity index (χ1n) is 6.74. The second-order valence-corrected chi connectivity index (χ2v) is 5.14.